The van der Waals surface area contributed by atoms with Crippen molar-refractivity contribution in [1.82, 2.24) is 10.2 Å². The van der Waals surface area contributed by atoms with E-state index in [0.29, 0.717) is 0 Å². The van der Waals surface area contributed by atoms with Gasteiger partial charge >= 0.3 is 0 Å². The van der Waals surface area contributed by atoms with Crippen LogP contribution in [-0.4, -0.2) is 57.6 Å². The number of amides is 1. The first-order valence-corrected chi connectivity index (χ1v) is 8.98. The Balaban J connectivity index is 1.76. The number of nitrogens with one attached hydrogen (secondary N) is 1. The minimum absolute atomic E-state index is 0.121. The number of nitrogens with zero attached hydrogens (tertiary/aromatic N) is 3. The van der Waals surface area contributed by atoms with Gasteiger partial charge in [0.05, 0.1) is 11.3 Å². The van der Waals surface area contributed by atoms with Crippen LogP contribution in [-0.2, 0) is 4.79 Å². The lowest BCUT2D eigenvalue weighted by Gasteiger charge is -2.19. The first kappa shape index (κ1) is 15.5. The van der Waals surface area contributed by atoms with Crippen molar-refractivity contribution in [2.24, 2.45) is 0 Å². The van der Waals surface area contributed by atoms with Crippen LogP contribution in [0.1, 0.15) is 24.8 Å². The molecule has 0 saturated carbocycles. The van der Waals surface area contributed by atoms with Gasteiger partial charge in [-0.05, 0) is 38.1 Å². The Morgan fingerprint density at radius 1 is 1.04 bits per heavy atom. The van der Waals surface area contributed by atoms with Crippen LogP contribution in [0.25, 0.3) is 5.57 Å². The van der Waals surface area contributed by atoms with E-state index in [0.717, 1.165) is 61.7 Å². The van der Waals surface area contributed by atoms with E-state index in [2.05, 4.69) is 40.4 Å². The molecular weight excluding hydrogens is 300 g/mol. The maximum Gasteiger partial charge on any atom is 0.260 e. The van der Waals surface area contributed by atoms with Crippen LogP contribution < -0.4 is 15.1 Å². The third-order valence-electron chi connectivity index (χ3n) is 5.48. The van der Waals surface area contributed by atoms with E-state index in [-0.39, 0.29) is 5.91 Å². The van der Waals surface area contributed by atoms with Crippen molar-refractivity contribution < 1.29 is 4.79 Å². The molecule has 1 aromatic rings. The van der Waals surface area contributed by atoms with Gasteiger partial charge in [-0.3, -0.25) is 4.79 Å². The molecule has 0 bridgehead atoms. The number of hydrogen-bond donors (Lipinski definition) is 1. The monoisotopic (exact) mass is 326 g/mol. The second-order valence-corrected chi connectivity index (χ2v) is 7.09. The molecule has 4 rings (SSSR count). The van der Waals surface area contributed by atoms with Crippen molar-refractivity contribution in [2.45, 2.75) is 19.3 Å². The van der Waals surface area contributed by atoms with Gasteiger partial charge in [0, 0.05) is 63.1 Å². The molecular formula is C19H26N4O. The van der Waals surface area contributed by atoms with E-state index in [1.165, 1.54) is 18.5 Å². The van der Waals surface area contributed by atoms with Gasteiger partial charge in [0.15, 0.2) is 0 Å². The third kappa shape index (κ3) is 2.57. The largest absolute Gasteiger partial charge is 0.386 e. The molecule has 1 aromatic carbocycles. The SMILES string of the molecule is CN1CCN/C(=C2\C(=O)N(C)c3ccc(N4CCCC4)cc32)CC1. The average Bonchev–Trinajstić information content (AvgIpc) is 3.13. The molecule has 24 heavy (non-hydrogen) atoms. The van der Waals surface area contributed by atoms with Crippen molar-refractivity contribution in [2.75, 3.05) is 56.6 Å². The number of benzene rings is 1. The summed E-state index contributed by atoms with van der Waals surface area (Å²) in [6.07, 6.45) is 3.42. The zero-order chi connectivity index (χ0) is 16.7. The van der Waals surface area contributed by atoms with E-state index in [9.17, 15) is 4.79 Å². The molecule has 0 unspecified atom stereocenters. The zero-order valence-electron chi connectivity index (χ0n) is 14.6. The summed E-state index contributed by atoms with van der Waals surface area (Å²) < 4.78 is 0. The number of fused-ring (bicyclic) bond motifs is 1. The quantitative estimate of drug-likeness (QED) is 0.800. The second-order valence-electron chi connectivity index (χ2n) is 7.09. The maximum absolute atomic E-state index is 12.9. The maximum atomic E-state index is 12.9. The van der Waals surface area contributed by atoms with E-state index in [1.54, 1.807) is 4.90 Å². The van der Waals surface area contributed by atoms with Gasteiger partial charge in [0.1, 0.15) is 0 Å². The van der Waals surface area contributed by atoms with Gasteiger partial charge in [-0.25, -0.2) is 0 Å². The van der Waals surface area contributed by atoms with Gasteiger partial charge < -0.3 is 20.0 Å². The summed E-state index contributed by atoms with van der Waals surface area (Å²) in [4.78, 5) is 19.4. The lowest BCUT2D eigenvalue weighted by molar-refractivity contribution is -0.112. The van der Waals surface area contributed by atoms with Crippen LogP contribution in [0, 0.1) is 0 Å². The van der Waals surface area contributed by atoms with Crippen LogP contribution in [0.4, 0.5) is 11.4 Å². The zero-order valence-corrected chi connectivity index (χ0v) is 14.6. The Morgan fingerprint density at radius 2 is 1.83 bits per heavy atom. The molecule has 128 valence electrons. The third-order valence-corrected chi connectivity index (χ3v) is 5.48. The molecule has 2 fully saturated rings. The van der Waals surface area contributed by atoms with Gasteiger partial charge in [-0.1, -0.05) is 0 Å². The molecule has 5 nitrogen and oxygen atoms in total. The van der Waals surface area contributed by atoms with Gasteiger partial charge in [-0.15, -0.1) is 0 Å². The standard InChI is InChI=1S/C19H26N4O/c1-21-11-7-16(20-8-12-21)18-15-13-14(23-9-3-4-10-23)5-6-17(15)22(2)19(18)24/h5-6,13,20H,3-4,7-12H2,1-2H3/b18-16-. The van der Waals surface area contributed by atoms with Crippen molar-refractivity contribution in [3.63, 3.8) is 0 Å². The molecule has 1 amide bonds. The molecule has 0 aliphatic carbocycles. The molecule has 1 N–H and O–H groups in total. The van der Waals surface area contributed by atoms with Crippen LogP contribution in [0.2, 0.25) is 0 Å². The first-order chi connectivity index (χ1) is 11.6. The van der Waals surface area contributed by atoms with Crippen molar-refractivity contribution in [3.05, 3.63) is 29.5 Å². The predicted octanol–water partition coefficient (Wildman–Crippen LogP) is 1.90. The molecule has 0 atom stereocenters. The fourth-order valence-corrected chi connectivity index (χ4v) is 3.99. The Labute approximate surface area is 143 Å². The summed E-state index contributed by atoms with van der Waals surface area (Å²) in [5.41, 5.74) is 5.36. The highest BCUT2D eigenvalue weighted by atomic mass is 16.2. The number of likely N-dealkylation sites (N-methyl/N-ethyl adjacent to an activating group) is 2. The van der Waals surface area contributed by atoms with Crippen LogP contribution in [0.5, 0.6) is 0 Å². The summed E-state index contributed by atoms with van der Waals surface area (Å²) in [6.45, 7) is 5.15. The Kier molecular flexibility index (Phi) is 3.96. The molecule has 0 spiro atoms. The molecule has 0 aromatic heterocycles. The Morgan fingerprint density at radius 3 is 2.62 bits per heavy atom. The molecule has 2 saturated heterocycles. The molecule has 5 heteroatoms. The van der Waals surface area contributed by atoms with E-state index in [4.69, 9.17) is 0 Å². The minimum atomic E-state index is 0.121. The highest BCUT2D eigenvalue weighted by Crippen LogP contribution is 2.40. The highest BCUT2D eigenvalue weighted by molar-refractivity contribution is 6.33. The minimum Gasteiger partial charge on any atom is -0.386 e. The lowest BCUT2D eigenvalue weighted by Crippen LogP contribution is -2.25. The normalized spacial score (nSPS) is 25.0. The number of rotatable bonds is 1. The van der Waals surface area contributed by atoms with Crippen molar-refractivity contribution in [1.29, 1.82) is 0 Å². The summed E-state index contributed by atoms with van der Waals surface area (Å²) in [6, 6.07) is 6.49. The van der Waals surface area contributed by atoms with Crippen molar-refractivity contribution >= 4 is 22.9 Å². The van der Waals surface area contributed by atoms with Crippen LogP contribution >= 0.6 is 0 Å². The Bertz CT molecular complexity index is 691. The second kappa shape index (κ2) is 6.13. The van der Waals surface area contributed by atoms with Gasteiger partial charge in [-0.2, -0.15) is 0 Å². The molecule has 0 radical (unpaired) electrons. The van der Waals surface area contributed by atoms with Gasteiger partial charge in [0.2, 0.25) is 0 Å². The lowest BCUT2D eigenvalue weighted by atomic mass is 10.0. The average molecular weight is 326 g/mol. The van der Waals surface area contributed by atoms with Crippen LogP contribution in [0.15, 0.2) is 23.9 Å². The number of carbonyl (C=O) groups excluding carboxylic acids is 1. The Hall–Kier alpha value is -2.01. The number of carbonyl (C=O) groups is 1. The van der Waals surface area contributed by atoms with E-state index < -0.39 is 0 Å². The first-order valence-electron chi connectivity index (χ1n) is 8.98. The highest BCUT2D eigenvalue weighted by Gasteiger charge is 2.33. The summed E-state index contributed by atoms with van der Waals surface area (Å²) in [5.74, 6) is 0.121. The molecule has 3 aliphatic heterocycles. The fourth-order valence-electron chi connectivity index (χ4n) is 3.99. The summed E-state index contributed by atoms with van der Waals surface area (Å²) in [7, 11) is 4.02. The summed E-state index contributed by atoms with van der Waals surface area (Å²) >= 11 is 0. The van der Waals surface area contributed by atoms with Crippen molar-refractivity contribution in [3.8, 4) is 0 Å². The van der Waals surface area contributed by atoms with Gasteiger partial charge in [0.25, 0.3) is 5.91 Å². The predicted molar refractivity (Wildman–Crippen MR) is 98.3 cm³/mol. The number of hydrogen-bond acceptors (Lipinski definition) is 4. The van der Waals surface area contributed by atoms with E-state index >= 15 is 0 Å². The summed E-state index contributed by atoms with van der Waals surface area (Å²) in [5, 5.41) is 3.51. The topological polar surface area (TPSA) is 38.8 Å². The number of anilines is 2. The van der Waals surface area contributed by atoms with Crippen LogP contribution in [0.3, 0.4) is 0 Å². The smallest absolute Gasteiger partial charge is 0.260 e. The molecule has 3 heterocycles. The molecule has 3 aliphatic rings. The fraction of sp³-hybridized carbons (Fsp3) is 0.526. The van der Waals surface area contributed by atoms with E-state index in [1.807, 2.05) is 7.05 Å².